The van der Waals surface area contributed by atoms with Gasteiger partial charge in [-0.15, -0.1) is 0 Å². The highest BCUT2D eigenvalue weighted by molar-refractivity contribution is 5.66. The van der Waals surface area contributed by atoms with Gasteiger partial charge in [0.15, 0.2) is 0 Å². The maximum Gasteiger partial charge on any atom is 0.303 e. The average Bonchev–Trinajstić information content (AvgIpc) is 2.49. The number of para-hydroxylation sites is 1. The summed E-state index contributed by atoms with van der Waals surface area (Å²) < 4.78 is 5.57. The van der Waals surface area contributed by atoms with Gasteiger partial charge in [0.05, 0.1) is 6.61 Å². The van der Waals surface area contributed by atoms with E-state index in [0.717, 1.165) is 23.5 Å². The first-order valence-electron chi connectivity index (χ1n) is 7.01. The number of rotatable bonds is 8. The number of carboxylic acids is 1. The van der Waals surface area contributed by atoms with Gasteiger partial charge in [-0.25, -0.2) is 0 Å². The number of benzene rings is 2. The van der Waals surface area contributed by atoms with Crippen LogP contribution in [0.15, 0.2) is 54.6 Å². The lowest BCUT2D eigenvalue weighted by Crippen LogP contribution is -2.00. The van der Waals surface area contributed by atoms with E-state index in [1.54, 1.807) is 0 Å². The molecule has 0 aliphatic carbocycles. The molecule has 21 heavy (non-hydrogen) atoms. The number of hydrogen-bond donors (Lipinski definition) is 2. The molecule has 0 unspecified atom stereocenters. The van der Waals surface area contributed by atoms with Crippen molar-refractivity contribution in [3.05, 3.63) is 54.6 Å². The van der Waals surface area contributed by atoms with Crippen molar-refractivity contribution in [3.8, 4) is 5.75 Å². The molecule has 0 amide bonds. The number of unbranched alkanes of at least 4 members (excludes halogenated alkanes) is 1. The first-order valence-corrected chi connectivity index (χ1v) is 7.01. The summed E-state index contributed by atoms with van der Waals surface area (Å²) >= 11 is 0. The number of aliphatic carboxylic acids is 1. The third-order valence-corrected chi connectivity index (χ3v) is 2.97. The van der Waals surface area contributed by atoms with E-state index in [0.29, 0.717) is 13.0 Å². The second kappa shape index (κ2) is 7.94. The minimum atomic E-state index is -0.758. The van der Waals surface area contributed by atoms with Crippen LogP contribution in [-0.4, -0.2) is 17.7 Å². The van der Waals surface area contributed by atoms with Crippen molar-refractivity contribution in [2.24, 2.45) is 0 Å². The molecule has 2 rings (SSSR count). The summed E-state index contributed by atoms with van der Waals surface area (Å²) in [4.78, 5) is 10.4. The molecule has 0 spiro atoms. The van der Waals surface area contributed by atoms with Crippen LogP contribution in [0.4, 0.5) is 11.4 Å². The molecule has 110 valence electrons. The fourth-order valence-electron chi connectivity index (χ4n) is 1.89. The van der Waals surface area contributed by atoms with Gasteiger partial charge in [-0.05, 0) is 49.2 Å². The van der Waals surface area contributed by atoms with Crippen LogP contribution in [0.25, 0.3) is 0 Å². The van der Waals surface area contributed by atoms with E-state index in [1.165, 1.54) is 0 Å². The van der Waals surface area contributed by atoms with Crippen LogP contribution in [0.1, 0.15) is 19.3 Å². The molecule has 0 aromatic heterocycles. The van der Waals surface area contributed by atoms with Crippen molar-refractivity contribution >= 4 is 17.3 Å². The Morgan fingerprint density at radius 1 is 0.952 bits per heavy atom. The zero-order valence-corrected chi connectivity index (χ0v) is 11.8. The highest BCUT2D eigenvalue weighted by Crippen LogP contribution is 2.20. The van der Waals surface area contributed by atoms with E-state index in [1.807, 2.05) is 54.6 Å². The Kier molecular flexibility index (Phi) is 5.64. The topological polar surface area (TPSA) is 58.6 Å². The maximum absolute atomic E-state index is 10.4. The highest BCUT2D eigenvalue weighted by atomic mass is 16.5. The summed E-state index contributed by atoms with van der Waals surface area (Å²) in [7, 11) is 0. The second-order valence-corrected chi connectivity index (χ2v) is 4.71. The molecule has 4 nitrogen and oxygen atoms in total. The molecule has 0 heterocycles. The van der Waals surface area contributed by atoms with Crippen molar-refractivity contribution in [3.63, 3.8) is 0 Å². The fraction of sp³-hybridized carbons (Fsp3) is 0.235. The van der Waals surface area contributed by atoms with E-state index >= 15 is 0 Å². The first kappa shape index (κ1) is 14.9. The summed E-state index contributed by atoms with van der Waals surface area (Å²) in [5.41, 5.74) is 2.04. The maximum atomic E-state index is 10.4. The number of anilines is 2. The first-order chi connectivity index (χ1) is 10.2. The molecule has 0 radical (unpaired) electrons. The van der Waals surface area contributed by atoms with E-state index in [2.05, 4.69) is 5.32 Å². The van der Waals surface area contributed by atoms with E-state index in [-0.39, 0.29) is 6.42 Å². The molecular formula is C17H19NO3. The fourth-order valence-corrected chi connectivity index (χ4v) is 1.89. The van der Waals surface area contributed by atoms with Crippen LogP contribution in [-0.2, 0) is 4.79 Å². The quantitative estimate of drug-likeness (QED) is 0.718. The molecule has 0 aliphatic heterocycles. The van der Waals surface area contributed by atoms with Gasteiger partial charge >= 0.3 is 5.97 Å². The minimum Gasteiger partial charge on any atom is -0.494 e. The molecular weight excluding hydrogens is 266 g/mol. The van der Waals surface area contributed by atoms with Gasteiger partial charge in [-0.3, -0.25) is 4.79 Å². The van der Waals surface area contributed by atoms with Crippen LogP contribution in [0.2, 0.25) is 0 Å². The Balaban J connectivity index is 1.75. The van der Waals surface area contributed by atoms with Gasteiger partial charge in [0.25, 0.3) is 0 Å². The van der Waals surface area contributed by atoms with E-state index in [4.69, 9.17) is 9.84 Å². The van der Waals surface area contributed by atoms with Gasteiger partial charge < -0.3 is 15.2 Å². The number of hydrogen-bond acceptors (Lipinski definition) is 3. The van der Waals surface area contributed by atoms with Gasteiger partial charge in [0, 0.05) is 17.8 Å². The summed E-state index contributed by atoms with van der Waals surface area (Å²) in [5, 5.41) is 11.8. The highest BCUT2D eigenvalue weighted by Gasteiger charge is 1.99. The Labute approximate surface area is 124 Å². The van der Waals surface area contributed by atoms with Gasteiger partial charge in [-0.2, -0.15) is 0 Å². The molecule has 0 atom stereocenters. The summed E-state index contributed by atoms with van der Waals surface area (Å²) in [6.07, 6.45) is 1.59. The van der Waals surface area contributed by atoms with E-state index in [9.17, 15) is 4.79 Å². The lowest BCUT2D eigenvalue weighted by molar-refractivity contribution is -0.137. The van der Waals surface area contributed by atoms with Gasteiger partial charge in [0.1, 0.15) is 5.75 Å². The van der Waals surface area contributed by atoms with Crippen molar-refractivity contribution in [1.82, 2.24) is 0 Å². The van der Waals surface area contributed by atoms with Crippen LogP contribution in [0.3, 0.4) is 0 Å². The molecule has 0 aliphatic rings. The van der Waals surface area contributed by atoms with Crippen LogP contribution in [0.5, 0.6) is 5.75 Å². The third-order valence-electron chi connectivity index (χ3n) is 2.97. The number of nitrogens with one attached hydrogen (secondary N) is 1. The Hall–Kier alpha value is -2.49. The van der Waals surface area contributed by atoms with Gasteiger partial charge in [-0.1, -0.05) is 18.2 Å². The largest absolute Gasteiger partial charge is 0.494 e. The van der Waals surface area contributed by atoms with Crippen molar-refractivity contribution in [2.45, 2.75) is 19.3 Å². The lowest BCUT2D eigenvalue weighted by atomic mass is 10.2. The number of ether oxygens (including phenoxy) is 1. The summed E-state index contributed by atoms with van der Waals surface area (Å²) in [5.74, 6) is 0.0373. The van der Waals surface area contributed by atoms with Crippen molar-refractivity contribution in [1.29, 1.82) is 0 Å². The molecule has 0 saturated heterocycles. The minimum absolute atomic E-state index is 0.198. The molecule has 4 heteroatoms. The standard InChI is InChI=1S/C17H19NO3/c19-17(20)8-4-5-13-21-16-11-9-15(10-12-16)18-14-6-2-1-3-7-14/h1-3,6-7,9-12,18H,4-5,8,13H2,(H,19,20). The molecule has 0 bridgehead atoms. The van der Waals surface area contributed by atoms with Crippen molar-refractivity contribution < 1.29 is 14.6 Å². The Morgan fingerprint density at radius 3 is 2.29 bits per heavy atom. The SMILES string of the molecule is O=C(O)CCCCOc1ccc(Nc2ccccc2)cc1. The second-order valence-electron chi connectivity index (χ2n) is 4.71. The van der Waals surface area contributed by atoms with Crippen LogP contribution >= 0.6 is 0 Å². The zero-order chi connectivity index (χ0) is 14.9. The lowest BCUT2D eigenvalue weighted by Gasteiger charge is -2.08. The molecule has 2 N–H and O–H groups in total. The van der Waals surface area contributed by atoms with Crippen LogP contribution in [0, 0.1) is 0 Å². The normalized spacial score (nSPS) is 10.1. The van der Waals surface area contributed by atoms with E-state index < -0.39 is 5.97 Å². The smallest absolute Gasteiger partial charge is 0.303 e. The zero-order valence-electron chi connectivity index (χ0n) is 11.8. The predicted octanol–water partition coefficient (Wildman–Crippen LogP) is 4.06. The third kappa shape index (κ3) is 5.57. The number of carboxylic acid groups (broad SMARTS) is 1. The van der Waals surface area contributed by atoms with Crippen LogP contribution < -0.4 is 10.1 Å². The monoisotopic (exact) mass is 285 g/mol. The predicted molar refractivity (Wildman–Crippen MR) is 83.1 cm³/mol. The molecule has 2 aromatic carbocycles. The summed E-state index contributed by atoms with van der Waals surface area (Å²) in [6, 6.07) is 17.7. The Morgan fingerprint density at radius 2 is 1.62 bits per heavy atom. The van der Waals surface area contributed by atoms with Gasteiger partial charge in [0.2, 0.25) is 0 Å². The Bertz CT molecular complexity index is 552. The molecule has 0 fully saturated rings. The van der Waals surface area contributed by atoms with Crippen molar-refractivity contribution in [2.75, 3.05) is 11.9 Å². The summed E-state index contributed by atoms with van der Waals surface area (Å²) in [6.45, 7) is 0.540. The number of carbonyl (C=O) groups is 1. The average molecular weight is 285 g/mol. The molecule has 0 saturated carbocycles. The molecule has 2 aromatic rings.